The highest BCUT2D eigenvalue weighted by Crippen LogP contribution is 2.22. The third-order valence-electron chi connectivity index (χ3n) is 4.09. The van der Waals surface area contributed by atoms with Crippen LogP contribution < -0.4 is 5.32 Å². The molecule has 1 saturated heterocycles. The van der Waals surface area contributed by atoms with E-state index in [9.17, 15) is 14.9 Å². The van der Waals surface area contributed by atoms with Crippen molar-refractivity contribution >= 4 is 18.0 Å². The molecule has 1 aromatic rings. The fraction of sp³-hybridized carbons (Fsp3) is 0.389. The quantitative estimate of drug-likeness (QED) is 0.519. The lowest BCUT2D eigenvalue weighted by atomic mass is 10.0. The van der Waals surface area contributed by atoms with Gasteiger partial charge in [-0.05, 0) is 31.9 Å². The lowest BCUT2D eigenvalue weighted by molar-refractivity contribution is -0.119. The van der Waals surface area contributed by atoms with Crippen LogP contribution in [0.15, 0.2) is 23.9 Å². The lowest BCUT2D eigenvalue weighted by Crippen LogP contribution is -2.43. The number of nitriles is 1. The van der Waals surface area contributed by atoms with Gasteiger partial charge in [0.25, 0.3) is 5.91 Å². The van der Waals surface area contributed by atoms with Gasteiger partial charge in [0.15, 0.2) is 0 Å². The largest absolute Gasteiger partial charge is 0.373 e. The molecule has 1 fully saturated rings. The van der Waals surface area contributed by atoms with E-state index in [0.717, 1.165) is 28.8 Å². The Kier molecular flexibility index (Phi) is 5.59. The van der Waals surface area contributed by atoms with Gasteiger partial charge in [-0.3, -0.25) is 9.59 Å². The molecule has 1 aliphatic rings. The number of piperazine rings is 1. The number of hydrogen-bond acceptors (Lipinski definition) is 4. The molecule has 0 saturated carbocycles. The van der Waals surface area contributed by atoms with Crippen LogP contribution in [0.4, 0.5) is 5.69 Å². The normalized spacial score (nSPS) is 15.0. The van der Waals surface area contributed by atoms with Gasteiger partial charge in [-0.2, -0.15) is 5.26 Å². The summed E-state index contributed by atoms with van der Waals surface area (Å²) in [5, 5.41) is 12.2. The molecule has 0 aromatic heterocycles. The molecule has 24 heavy (non-hydrogen) atoms. The van der Waals surface area contributed by atoms with Crippen molar-refractivity contribution in [2.45, 2.75) is 20.8 Å². The molecule has 6 heteroatoms. The maximum Gasteiger partial charge on any atom is 0.267 e. The number of hydrogen-bond donors (Lipinski definition) is 1. The molecule has 0 aliphatic carbocycles. The van der Waals surface area contributed by atoms with Crippen LogP contribution in [0.25, 0.3) is 0 Å². The summed E-state index contributed by atoms with van der Waals surface area (Å²) < 4.78 is 0. The van der Waals surface area contributed by atoms with E-state index in [4.69, 9.17) is 0 Å². The minimum atomic E-state index is -0.412. The number of carbonyl (C=O) groups is 2. The van der Waals surface area contributed by atoms with E-state index in [1.54, 1.807) is 11.1 Å². The summed E-state index contributed by atoms with van der Waals surface area (Å²) in [6.45, 7) is 8.28. The van der Waals surface area contributed by atoms with Crippen LogP contribution in [0, 0.1) is 32.1 Å². The van der Waals surface area contributed by atoms with Crippen LogP contribution in [0.3, 0.4) is 0 Å². The van der Waals surface area contributed by atoms with Gasteiger partial charge in [-0.1, -0.05) is 17.7 Å². The zero-order chi connectivity index (χ0) is 17.7. The summed E-state index contributed by atoms with van der Waals surface area (Å²) in [6, 6.07) is 5.96. The number of amides is 2. The number of aryl methyl sites for hydroxylation is 3. The first-order chi connectivity index (χ1) is 11.4. The Bertz CT molecular complexity index is 687. The third kappa shape index (κ3) is 4.13. The van der Waals surface area contributed by atoms with Crippen molar-refractivity contribution in [2.24, 2.45) is 0 Å². The molecule has 2 amide bonds. The summed E-state index contributed by atoms with van der Waals surface area (Å²) in [6.07, 6.45) is 2.40. The Balaban J connectivity index is 2.11. The molecular weight excluding hydrogens is 304 g/mol. The zero-order valence-electron chi connectivity index (χ0n) is 14.3. The number of anilines is 1. The first-order valence-corrected chi connectivity index (χ1v) is 7.89. The number of nitrogens with zero attached hydrogens (tertiary/aromatic N) is 3. The smallest absolute Gasteiger partial charge is 0.267 e. The molecular formula is C18H22N4O2. The van der Waals surface area contributed by atoms with Gasteiger partial charge >= 0.3 is 0 Å². The molecule has 0 bridgehead atoms. The van der Waals surface area contributed by atoms with Crippen molar-refractivity contribution in [1.29, 1.82) is 5.26 Å². The van der Waals surface area contributed by atoms with Gasteiger partial charge < -0.3 is 15.1 Å². The topological polar surface area (TPSA) is 76.4 Å². The summed E-state index contributed by atoms with van der Waals surface area (Å²) in [5.41, 5.74) is 3.88. The van der Waals surface area contributed by atoms with Crippen LogP contribution >= 0.6 is 0 Å². The van der Waals surface area contributed by atoms with E-state index in [1.165, 1.54) is 0 Å². The van der Waals surface area contributed by atoms with Gasteiger partial charge in [-0.25, -0.2) is 0 Å². The van der Waals surface area contributed by atoms with E-state index in [1.807, 2.05) is 43.9 Å². The highest BCUT2D eigenvalue weighted by molar-refractivity contribution is 6.07. The molecule has 1 N–H and O–H groups in total. The molecule has 0 unspecified atom stereocenters. The van der Waals surface area contributed by atoms with Crippen LogP contribution in [-0.4, -0.2) is 48.3 Å². The van der Waals surface area contributed by atoms with Crippen LogP contribution in [0.1, 0.15) is 16.7 Å². The van der Waals surface area contributed by atoms with E-state index in [0.29, 0.717) is 26.2 Å². The van der Waals surface area contributed by atoms with Crippen molar-refractivity contribution in [2.75, 3.05) is 31.5 Å². The highest BCUT2D eigenvalue weighted by atomic mass is 16.1. The van der Waals surface area contributed by atoms with Gasteiger partial charge in [0.05, 0.1) is 0 Å². The van der Waals surface area contributed by atoms with Gasteiger partial charge in [0, 0.05) is 38.1 Å². The standard InChI is InChI=1S/C18H22N4O2/c1-13-8-14(2)17(15(3)9-13)20-18(24)16(10-19)11-21-4-6-22(12-23)7-5-21/h8-9,11-12H,4-7H2,1-3H3,(H,20,24)/b16-11-. The number of benzene rings is 1. The number of rotatable bonds is 4. The Morgan fingerprint density at radius 1 is 1.12 bits per heavy atom. The van der Waals surface area contributed by atoms with Crippen molar-refractivity contribution in [3.63, 3.8) is 0 Å². The highest BCUT2D eigenvalue weighted by Gasteiger charge is 2.17. The summed E-state index contributed by atoms with van der Waals surface area (Å²) in [4.78, 5) is 26.7. The molecule has 2 rings (SSSR count). The maximum absolute atomic E-state index is 12.4. The Labute approximate surface area is 142 Å². The Morgan fingerprint density at radius 2 is 1.67 bits per heavy atom. The van der Waals surface area contributed by atoms with Crippen LogP contribution in [0.2, 0.25) is 0 Å². The minimum Gasteiger partial charge on any atom is -0.373 e. The Hall–Kier alpha value is -2.81. The second-order valence-electron chi connectivity index (χ2n) is 6.06. The zero-order valence-corrected chi connectivity index (χ0v) is 14.3. The van der Waals surface area contributed by atoms with Crippen LogP contribution in [-0.2, 0) is 9.59 Å². The SMILES string of the molecule is Cc1cc(C)c(NC(=O)/C(C#N)=C\N2CCN(C=O)CC2)c(C)c1. The maximum atomic E-state index is 12.4. The number of nitrogens with one attached hydrogen (secondary N) is 1. The first-order valence-electron chi connectivity index (χ1n) is 7.89. The van der Waals surface area contributed by atoms with E-state index < -0.39 is 5.91 Å². The minimum absolute atomic E-state index is 0.0638. The summed E-state index contributed by atoms with van der Waals surface area (Å²) in [7, 11) is 0. The molecule has 1 heterocycles. The van der Waals surface area contributed by atoms with Gasteiger partial charge in [-0.15, -0.1) is 0 Å². The summed E-state index contributed by atoms with van der Waals surface area (Å²) in [5.74, 6) is -0.412. The van der Waals surface area contributed by atoms with Gasteiger partial charge in [0.1, 0.15) is 11.6 Å². The van der Waals surface area contributed by atoms with Crippen molar-refractivity contribution in [1.82, 2.24) is 9.80 Å². The average molecular weight is 326 g/mol. The molecule has 0 radical (unpaired) electrons. The predicted molar refractivity (Wildman–Crippen MR) is 92.2 cm³/mol. The first kappa shape index (κ1) is 17.5. The fourth-order valence-electron chi connectivity index (χ4n) is 2.85. The molecule has 0 atom stereocenters. The molecule has 1 aliphatic heterocycles. The monoisotopic (exact) mass is 326 g/mol. The molecule has 126 valence electrons. The fourth-order valence-corrected chi connectivity index (χ4v) is 2.85. The van der Waals surface area contributed by atoms with Gasteiger partial charge in [0.2, 0.25) is 6.41 Å². The predicted octanol–water partition coefficient (Wildman–Crippen LogP) is 1.73. The molecule has 1 aromatic carbocycles. The van der Waals surface area contributed by atoms with Crippen molar-refractivity contribution < 1.29 is 9.59 Å². The molecule has 0 spiro atoms. The van der Waals surface area contributed by atoms with E-state index in [2.05, 4.69) is 5.32 Å². The Morgan fingerprint density at radius 3 is 2.17 bits per heavy atom. The van der Waals surface area contributed by atoms with Crippen molar-refractivity contribution in [3.8, 4) is 6.07 Å². The van der Waals surface area contributed by atoms with E-state index in [-0.39, 0.29) is 5.57 Å². The summed E-state index contributed by atoms with van der Waals surface area (Å²) >= 11 is 0. The second-order valence-corrected chi connectivity index (χ2v) is 6.06. The van der Waals surface area contributed by atoms with E-state index >= 15 is 0 Å². The molecule has 6 nitrogen and oxygen atoms in total. The van der Waals surface area contributed by atoms with Crippen molar-refractivity contribution in [3.05, 3.63) is 40.6 Å². The second kappa shape index (κ2) is 7.64. The third-order valence-corrected chi connectivity index (χ3v) is 4.09. The number of carbonyl (C=O) groups excluding carboxylic acids is 2. The van der Waals surface area contributed by atoms with Crippen LogP contribution in [0.5, 0.6) is 0 Å². The average Bonchev–Trinajstić information content (AvgIpc) is 2.56. The lowest BCUT2D eigenvalue weighted by Gasteiger charge is -2.31.